The summed E-state index contributed by atoms with van der Waals surface area (Å²) >= 11 is 0. The van der Waals surface area contributed by atoms with Crippen LogP contribution in [0.15, 0.2) is 0 Å². The van der Waals surface area contributed by atoms with Crippen LogP contribution in [0.25, 0.3) is 0 Å². The molecular formula is C13H27N3O3S. The number of aliphatic hydroxyl groups is 1. The van der Waals surface area contributed by atoms with E-state index in [-0.39, 0.29) is 12.6 Å². The summed E-state index contributed by atoms with van der Waals surface area (Å²) in [7, 11) is 0.294. The van der Waals surface area contributed by atoms with Crippen molar-refractivity contribution in [3.8, 4) is 0 Å². The number of hydrogen-bond donors (Lipinski definition) is 1. The lowest BCUT2D eigenvalue weighted by molar-refractivity contribution is 0.148. The molecule has 0 aromatic heterocycles. The van der Waals surface area contributed by atoms with Crippen LogP contribution in [0.4, 0.5) is 0 Å². The van der Waals surface area contributed by atoms with E-state index in [0.717, 1.165) is 38.8 Å². The average molecular weight is 305 g/mol. The quantitative estimate of drug-likeness (QED) is 0.774. The smallest absolute Gasteiger partial charge is 0.282 e. The van der Waals surface area contributed by atoms with Crippen molar-refractivity contribution in [1.29, 1.82) is 0 Å². The van der Waals surface area contributed by atoms with Crippen LogP contribution in [0.2, 0.25) is 0 Å². The van der Waals surface area contributed by atoms with Gasteiger partial charge in [0, 0.05) is 32.7 Å². The Morgan fingerprint density at radius 3 is 2.60 bits per heavy atom. The molecule has 0 bridgehead atoms. The second kappa shape index (κ2) is 6.70. The van der Waals surface area contributed by atoms with E-state index >= 15 is 0 Å². The summed E-state index contributed by atoms with van der Waals surface area (Å²) in [5.74, 6) is 0.414. The third-order valence-electron chi connectivity index (χ3n) is 4.48. The molecule has 2 heterocycles. The maximum absolute atomic E-state index is 12.7. The van der Waals surface area contributed by atoms with Gasteiger partial charge in [-0.25, -0.2) is 0 Å². The summed E-state index contributed by atoms with van der Waals surface area (Å²) in [6.45, 7) is 3.02. The molecule has 0 amide bonds. The molecule has 1 N–H and O–H groups in total. The molecule has 0 aromatic carbocycles. The van der Waals surface area contributed by atoms with Gasteiger partial charge in [0.25, 0.3) is 10.2 Å². The number of likely N-dealkylation sites (tertiary alicyclic amines) is 1. The van der Waals surface area contributed by atoms with Gasteiger partial charge < -0.3 is 10.0 Å². The maximum Gasteiger partial charge on any atom is 0.282 e. The van der Waals surface area contributed by atoms with Gasteiger partial charge in [0.15, 0.2) is 0 Å². The van der Waals surface area contributed by atoms with Gasteiger partial charge in [-0.1, -0.05) is 6.42 Å². The topological polar surface area (TPSA) is 64.1 Å². The number of hydrogen-bond acceptors (Lipinski definition) is 4. The number of piperidine rings is 1. The summed E-state index contributed by atoms with van der Waals surface area (Å²) in [6, 6.07) is -0.248. The van der Waals surface area contributed by atoms with E-state index < -0.39 is 10.2 Å². The van der Waals surface area contributed by atoms with Crippen molar-refractivity contribution in [3.05, 3.63) is 0 Å². The molecule has 2 fully saturated rings. The lowest BCUT2D eigenvalue weighted by Crippen LogP contribution is -2.51. The summed E-state index contributed by atoms with van der Waals surface area (Å²) in [6.07, 6.45) is 3.69. The SMILES string of the molecule is CN1CCC(CN(C)S(=O)(=O)N2CCCCC2CO)C1. The predicted molar refractivity (Wildman–Crippen MR) is 78.6 cm³/mol. The fourth-order valence-corrected chi connectivity index (χ4v) is 4.94. The zero-order chi connectivity index (χ0) is 14.8. The third-order valence-corrected chi connectivity index (χ3v) is 6.49. The van der Waals surface area contributed by atoms with Crippen LogP contribution in [0.5, 0.6) is 0 Å². The van der Waals surface area contributed by atoms with E-state index in [1.807, 2.05) is 0 Å². The summed E-state index contributed by atoms with van der Waals surface area (Å²) in [5.41, 5.74) is 0. The Labute approximate surface area is 122 Å². The van der Waals surface area contributed by atoms with Crippen molar-refractivity contribution in [3.63, 3.8) is 0 Å². The lowest BCUT2D eigenvalue weighted by atomic mass is 10.1. The number of aliphatic hydroxyl groups excluding tert-OH is 1. The van der Waals surface area contributed by atoms with Gasteiger partial charge in [-0.15, -0.1) is 0 Å². The lowest BCUT2D eigenvalue weighted by Gasteiger charge is -2.36. The van der Waals surface area contributed by atoms with E-state index in [9.17, 15) is 13.5 Å². The van der Waals surface area contributed by atoms with Gasteiger partial charge in [0.1, 0.15) is 0 Å². The van der Waals surface area contributed by atoms with Crippen molar-refractivity contribution in [2.75, 3.05) is 46.9 Å². The Morgan fingerprint density at radius 2 is 2.00 bits per heavy atom. The zero-order valence-corrected chi connectivity index (χ0v) is 13.3. The molecule has 2 atom stereocenters. The molecule has 2 aliphatic heterocycles. The van der Waals surface area contributed by atoms with E-state index in [2.05, 4.69) is 11.9 Å². The van der Waals surface area contributed by atoms with Crippen LogP contribution in [0.3, 0.4) is 0 Å². The molecule has 6 nitrogen and oxygen atoms in total. The summed E-state index contributed by atoms with van der Waals surface area (Å²) in [4.78, 5) is 2.24. The van der Waals surface area contributed by atoms with E-state index in [0.29, 0.717) is 19.0 Å². The van der Waals surface area contributed by atoms with Gasteiger partial charge in [-0.3, -0.25) is 0 Å². The average Bonchev–Trinajstić information content (AvgIpc) is 2.84. The molecule has 0 saturated carbocycles. The minimum absolute atomic E-state index is 0.0841. The van der Waals surface area contributed by atoms with Crippen LogP contribution in [0, 0.1) is 5.92 Å². The first-order valence-corrected chi connectivity index (χ1v) is 8.87. The summed E-state index contributed by atoms with van der Waals surface area (Å²) in [5, 5.41) is 9.39. The second-order valence-corrected chi connectivity index (χ2v) is 8.14. The van der Waals surface area contributed by atoms with Crippen molar-refractivity contribution in [2.45, 2.75) is 31.7 Å². The van der Waals surface area contributed by atoms with E-state index in [4.69, 9.17) is 0 Å². The molecule has 2 saturated heterocycles. The van der Waals surface area contributed by atoms with E-state index in [1.54, 1.807) is 7.05 Å². The van der Waals surface area contributed by atoms with E-state index in [1.165, 1.54) is 8.61 Å². The predicted octanol–water partition coefficient (Wildman–Crippen LogP) is -0.0385. The molecule has 118 valence electrons. The largest absolute Gasteiger partial charge is 0.395 e. The van der Waals surface area contributed by atoms with Crippen molar-refractivity contribution >= 4 is 10.2 Å². The molecule has 2 unspecified atom stereocenters. The van der Waals surface area contributed by atoms with Gasteiger partial charge >= 0.3 is 0 Å². The molecule has 2 rings (SSSR count). The minimum atomic E-state index is -3.44. The molecule has 0 aliphatic carbocycles. The van der Waals surface area contributed by atoms with Crippen LogP contribution in [-0.2, 0) is 10.2 Å². The molecule has 20 heavy (non-hydrogen) atoms. The van der Waals surface area contributed by atoms with Crippen LogP contribution in [0.1, 0.15) is 25.7 Å². The first-order chi connectivity index (χ1) is 9.45. The van der Waals surface area contributed by atoms with Crippen molar-refractivity contribution in [1.82, 2.24) is 13.5 Å². The fraction of sp³-hybridized carbons (Fsp3) is 1.00. The van der Waals surface area contributed by atoms with Gasteiger partial charge in [0.05, 0.1) is 6.61 Å². The normalized spacial score (nSPS) is 30.2. The Kier molecular flexibility index (Phi) is 5.42. The fourth-order valence-electron chi connectivity index (χ4n) is 3.27. The molecule has 0 aromatic rings. The Hall–Kier alpha value is -0.210. The van der Waals surface area contributed by atoms with Crippen molar-refractivity contribution < 1.29 is 13.5 Å². The Morgan fingerprint density at radius 1 is 1.25 bits per heavy atom. The monoisotopic (exact) mass is 305 g/mol. The Bertz CT molecular complexity index is 415. The highest BCUT2D eigenvalue weighted by molar-refractivity contribution is 7.86. The number of rotatable bonds is 5. The maximum atomic E-state index is 12.7. The zero-order valence-electron chi connectivity index (χ0n) is 12.5. The van der Waals surface area contributed by atoms with Crippen molar-refractivity contribution in [2.24, 2.45) is 5.92 Å². The minimum Gasteiger partial charge on any atom is -0.395 e. The molecular weight excluding hydrogens is 278 g/mol. The second-order valence-electron chi connectivity index (χ2n) is 6.15. The van der Waals surface area contributed by atoms with Crippen LogP contribution >= 0.6 is 0 Å². The van der Waals surface area contributed by atoms with Crippen LogP contribution < -0.4 is 0 Å². The van der Waals surface area contributed by atoms with Crippen LogP contribution in [-0.4, -0.2) is 80.0 Å². The van der Waals surface area contributed by atoms with Gasteiger partial charge in [0.2, 0.25) is 0 Å². The highest BCUT2D eigenvalue weighted by atomic mass is 32.2. The highest BCUT2D eigenvalue weighted by Crippen LogP contribution is 2.23. The standard InChI is InChI=1S/C13H27N3O3S/c1-14-8-6-12(9-14)10-15(2)20(18,19)16-7-4-3-5-13(16)11-17/h12-13,17H,3-11H2,1-2H3. The third kappa shape index (κ3) is 3.51. The number of nitrogens with zero attached hydrogens (tertiary/aromatic N) is 3. The van der Waals surface area contributed by atoms with Gasteiger partial charge in [-0.05, 0) is 38.8 Å². The molecule has 0 spiro atoms. The molecule has 2 aliphatic rings. The highest BCUT2D eigenvalue weighted by Gasteiger charge is 2.36. The summed E-state index contributed by atoms with van der Waals surface area (Å²) < 4.78 is 28.3. The molecule has 7 heteroatoms. The molecule has 0 radical (unpaired) electrons. The first-order valence-electron chi connectivity index (χ1n) is 7.47. The van der Waals surface area contributed by atoms with Gasteiger partial charge in [-0.2, -0.15) is 17.0 Å². The Balaban J connectivity index is 2.00. The first kappa shape index (κ1) is 16.2.